The lowest BCUT2D eigenvalue weighted by Gasteiger charge is -2.40. The van der Waals surface area contributed by atoms with Gasteiger partial charge in [-0.2, -0.15) is 0 Å². The maximum Gasteiger partial charge on any atom is 0.410 e. The van der Waals surface area contributed by atoms with Crippen molar-refractivity contribution in [3.63, 3.8) is 0 Å². The fourth-order valence-electron chi connectivity index (χ4n) is 3.46. The van der Waals surface area contributed by atoms with Gasteiger partial charge in [0.1, 0.15) is 10.8 Å². The van der Waals surface area contributed by atoms with E-state index in [1.54, 1.807) is 4.90 Å². The molecule has 0 spiro atoms. The molecule has 0 N–H and O–H groups in total. The van der Waals surface area contributed by atoms with Crippen molar-refractivity contribution in [2.45, 2.75) is 52.6 Å². The van der Waals surface area contributed by atoms with Gasteiger partial charge >= 0.3 is 6.09 Å². The molecule has 0 unspecified atom stereocenters. The number of hydrogen-bond acceptors (Lipinski definition) is 3. The standard InChI is InChI=1S/C21H27ClN2O2/c1-13(2)16-7-6-15(18-10-23-19(22)9-17(16)18)8-14-11-24(12-14)20(25)26-21(3,4)5/h6-7,9-10,13-14H,8,11-12H2,1-5H3. The van der Waals surface area contributed by atoms with E-state index in [-0.39, 0.29) is 6.09 Å². The second-order valence-electron chi connectivity index (χ2n) is 8.48. The molecule has 0 aliphatic carbocycles. The summed E-state index contributed by atoms with van der Waals surface area (Å²) in [7, 11) is 0. The van der Waals surface area contributed by atoms with Crippen molar-refractivity contribution in [3.05, 3.63) is 40.7 Å². The molecule has 3 rings (SSSR count). The molecule has 1 aliphatic rings. The molecule has 1 aromatic heterocycles. The number of rotatable bonds is 3. The molecule has 140 valence electrons. The topological polar surface area (TPSA) is 42.4 Å². The van der Waals surface area contributed by atoms with E-state index in [4.69, 9.17) is 16.3 Å². The van der Waals surface area contributed by atoms with E-state index in [0.717, 1.165) is 24.9 Å². The molecule has 2 heterocycles. The van der Waals surface area contributed by atoms with Crippen LogP contribution in [0.4, 0.5) is 4.79 Å². The van der Waals surface area contributed by atoms with Gasteiger partial charge < -0.3 is 9.64 Å². The molecule has 0 atom stereocenters. The van der Waals surface area contributed by atoms with Crippen molar-refractivity contribution in [2.24, 2.45) is 5.92 Å². The predicted octanol–water partition coefficient (Wildman–Crippen LogP) is 5.42. The first-order valence-corrected chi connectivity index (χ1v) is 9.57. The number of benzene rings is 1. The number of carbonyl (C=O) groups is 1. The average Bonchev–Trinajstić information content (AvgIpc) is 2.47. The largest absolute Gasteiger partial charge is 0.444 e. The molecule has 1 aliphatic heterocycles. The third kappa shape index (κ3) is 4.12. The minimum atomic E-state index is -0.448. The lowest BCUT2D eigenvalue weighted by Crippen LogP contribution is -2.52. The van der Waals surface area contributed by atoms with Crippen molar-refractivity contribution in [2.75, 3.05) is 13.1 Å². The number of ether oxygens (including phenoxy) is 1. The van der Waals surface area contributed by atoms with Crippen LogP contribution in [0.3, 0.4) is 0 Å². The summed E-state index contributed by atoms with van der Waals surface area (Å²) in [6.07, 6.45) is 2.59. The molecular formula is C21H27ClN2O2. The molecule has 4 nitrogen and oxygen atoms in total. The van der Waals surface area contributed by atoms with Crippen LogP contribution in [0.15, 0.2) is 24.4 Å². The minimum absolute atomic E-state index is 0.220. The van der Waals surface area contributed by atoms with Gasteiger partial charge in [-0.25, -0.2) is 9.78 Å². The quantitative estimate of drug-likeness (QED) is 0.673. The van der Waals surface area contributed by atoms with E-state index < -0.39 is 5.60 Å². The van der Waals surface area contributed by atoms with Crippen LogP contribution in [0.1, 0.15) is 51.7 Å². The van der Waals surface area contributed by atoms with Gasteiger partial charge in [0.05, 0.1) is 0 Å². The summed E-state index contributed by atoms with van der Waals surface area (Å²) >= 11 is 6.13. The molecule has 1 amide bonds. The Morgan fingerprint density at radius 1 is 1.31 bits per heavy atom. The summed E-state index contributed by atoms with van der Waals surface area (Å²) in [4.78, 5) is 18.1. The van der Waals surface area contributed by atoms with E-state index in [1.807, 2.05) is 33.0 Å². The highest BCUT2D eigenvalue weighted by Crippen LogP contribution is 2.32. The zero-order valence-electron chi connectivity index (χ0n) is 16.2. The van der Waals surface area contributed by atoms with Crippen LogP contribution >= 0.6 is 11.6 Å². The number of hydrogen-bond donors (Lipinski definition) is 0. The Morgan fingerprint density at radius 3 is 2.62 bits per heavy atom. The zero-order valence-corrected chi connectivity index (χ0v) is 16.9. The summed E-state index contributed by atoms with van der Waals surface area (Å²) in [5, 5.41) is 2.87. The monoisotopic (exact) mass is 374 g/mol. The Morgan fingerprint density at radius 2 is 2.00 bits per heavy atom. The Kier molecular flexibility index (Phi) is 5.16. The summed E-state index contributed by atoms with van der Waals surface area (Å²) in [5.41, 5.74) is 2.11. The highest BCUT2D eigenvalue weighted by molar-refractivity contribution is 6.30. The van der Waals surface area contributed by atoms with Crippen LogP contribution in [0.25, 0.3) is 10.8 Å². The van der Waals surface area contributed by atoms with E-state index >= 15 is 0 Å². The summed E-state index contributed by atoms with van der Waals surface area (Å²) in [6.45, 7) is 11.5. The van der Waals surface area contributed by atoms with Crippen molar-refractivity contribution in [3.8, 4) is 0 Å². The normalized spacial score (nSPS) is 15.4. The minimum Gasteiger partial charge on any atom is -0.444 e. The van der Waals surface area contributed by atoms with Crippen molar-refractivity contribution >= 4 is 28.5 Å². The second kappa shape index (κ2) is 7.07. The summed E-state index contributed by atoms with van der Waals surface area (Å²) < 4.78 is 5.43. The molecule has 1 aromatic carbocycles. The van der Waals surface area contributed by atoms with E-state index in [2.05, 4.69) is 31.0 Å². The highest BCUT2D eigenvalue weighted by Gasteiger charge is 2.33. The molecule has 1 fully saturated rings. The number of amides is 1. The molecule has 0 bridgehead atoms. The van der Waals surface area contributed by atoms with E-state index in [9.17, 15) is 4.79 Å². The van der Waals surface area contributed by atoms with Crippen LogP contribution in [0, 0.1) is 5.92 Å². The number of aromatic nitrogens is 1. The van der Waals surface area contributed by atoms with Gasteiger partial charge in [0.15, 0.2) is 0 Å². The zero-order chi connectivity index (χ0) is 19.1. The number of carbonyl (C=O) groups excluding carboxylic acids is 1. The number of fused-ring (bicyclic) bond motifs is 1. The SMILES string of the molecule is CC(C)c1ccc(CC2CN(C(=O)OC(C)(C)C)C2)c2cnc(Cl)cc12. The summed E-state index contributed by atoms with van der Waals surface area (Å²) in [6, 6.07) is 6.36. The Bertz CT molecular complexity index is 821. The van der Waals surface area contributed by atoms with Gasteiger partial charge in [-0.15, -0.1) is 0 Å². The Balaban J connectivity index is 1.73. The lowest BCUT2D eigenvalue weighted by molar-refractivity contribution is -0.000835. The first-order valence-electron chi connectivity index (χ1n) is 9.19. The van der Waals surface area contributed by atoms with Crippen molar-refractivity contribution in [1.82, 2.24) is 9.88 Å². The van der Waals surface area contributed by atoms with Gasteiger partial charge in [0.25, 0.3) is 0 Å². The van der Waals surface area contributed by atoms with Crippen LogP contribution in [0.5, 0.6) is 0 Å². The maximum atomic E-state index is 12.1. The molecule has 5 heteroatoms. The number of nitrogens with zero attached hydrogens (tertiary/aromatic N) is 2. The van der Waals surface area contributed by atoms with Crippen molar-refractivity contribution < 1.29 is 9.53 Å². The number of pyridine rings is 1. The number of likely N-dealkylation sites (tertiary alicyclic amines) is 1. The van der Waals surface area contributed by atoms with Crippen LogP contribution < -0.4 is 0 Å². The van der Waals surface area contributed by atoms with E-state index in [1.165, 1.54) is 16.5 Å². The Hall–Kier alpha value is -1.81. The molecule has 0 radical (unpaired) electrons. The molecule has 2 aromatic rings. The third-order valence-electron chi connectivity index (χ3n) is 4.73. The predicted molar refractivity (Wildman–Crippen MR) is 106 cm³/mol. The van der Waals surface area contributed by atoms with Gasteiger partial charge in [-0.1, -0.05) is 37.6 Å². The first-order chi connectivity index (χ1) is 12.1. The average molecular weight is 375 g/mol. The maximum absolute atomic E-state index is 12.1. The lowest BCUT2D eigenvalue weighted by atomic mass is 9.88. The highest BCUT2D eigenvalue weighted by atomic mass is 35.5. The molecule has 26 heavy (non-hydrogen) atoms. The Labute approximate surface area is 160 Å². The van der Waals surface area contributed by atoms with E-state index in [0.29, 0.717) is 17.0 Å². The third-order valence-corrected chi connectivity index (χ3v) is 4.94. The smallest absolute Gasteiger partial charge is 0.410 e. The molecule has 1 saturated heterocycles. The summed E-state index contributed by atoms with van der Waals surface area (Å²) in [5.74, 6) is 0.877. The second-order valence-corrected chi connectivity index (χ2v) is 8.86. The van der Waals surface area contributed by atoms with Crippen LogP contribution in [-0.2, 0) is 11.2 Å². The van der Waals surface area contributed by atoms with Crippen molar-refractivity contribution in [1.29, 1.82) is 0 Å². The van der Waals surface area contributed by atoms with Gasteiger partial charge in [0, 0.05) is 24.7 Å². The fraction of sp³-hybridized carbons (Fsp3) is 0.524. The molecular weight excluding hydrogens is 348 g/mol. The van der Waals surface area contributed by atoms with Gasteiger partial charge in [-0.3, -0.25) is 0 Å². The van der Waals surface area contributed by atoms with Gasteiger partial charge in [0.2, 0.25) is 0 Å². The molecule has 0 saturated carbocycles. The van der Waals surface area contributed by atoms with Gasteiger partial charge in [-0.05, 0) is 61.6 Å². The first kappa shape index (κ1) is 19.0. The van der Waals surface area contributed by atoms with Crippen LogP contribution in [-0.4, -0.2) is 34.7 Å². The number of halogens is 1. The van der Waals surface area contributed by atoms with Crippen LogP contribution in [0.2, 0.25) is 5.15 Å². The fourth-order valence-corrected chi connectivity index (χ4v) is 3.62.